The van der Waals surface area contributed by atoms with Gasteiger partial charge in [0.15, 0.2) is 11.5 Å². The number of halogens is 1. The molecular weight excluding hydrogens is 443 g/mol. The van der Waals surface area contributed by atoms with Gasteiger partial charge in [-0.25, -0.2) is 9.37 Å². The maximum atomic E-state index is 13.0. The lowest BCUT2D eigenvalue weighted by atomic mass is 10.2. The number of benzene rings is 3. The van der Waals surface area contributed by atoms with Crippen LogP contribution in [0.2, 0.25) is 0 Å². The van der Waals surface area contributed by atoms with Gasteiger partial charge in [-0.1, -0.05) is 18.2 Å². The van der Waals surface area contributed by atoms with Gasteiger partial charge in [0.1, 0.15) is 28.9 Å². The van der Waals surface area contributed by atoms with Gasteiger partial charge in [-0.3, -0.25) is 4.79 Å². The largest absolute Gasteiger partial charge is 0.489 e. The molecule has 33 heavy (non-hydrogen) atoms. The first kappa shape index (κ1) is 21.0. The average Bonchev–Trinajstić information content (AvgIpc) is 3.52. The van der Waals surface area contributed by atoms with E-state index < -0.39 is 0 Å². The van der Waals surface area contributed by atoms with E-state index in [1.54, 1.807) is 17.5 Å². The fraction of sp³-hybridized carbons (Fsp3) is 0.120. The Morgan fingerprint density at radius 2 is 1.76 bits per heavy atom. The predicted molar refractivity (Wildman–Crippen MR) is 122 cm³/mol. The molecule has 166 valence electrons. The number of rotatable bonds is 7. The second-order valence-corrected chi connectivity index (χ2v) is 8.21. The van der Waals surface area contributed by atoms with Gasteiger partial charge in [0, 0.05) is 17.5 Å². The van der Waals surface area contributed by atoms with Gasteiger partial charge >= 0.3 is 0 Å². The van der Waals surface area contributed by atoms with Crippen LogP contribution < -0.4 is 19.5 Å². The number of aromatic nitrogens is 1. The van der Waals surface area contributed by atoms with E-state index in [-0.39, 0.29) is 18.5 Å². The van der Waals surface area contributed by atoms with E-state index in [1.807, 2.05) is 42.5 Å². The Morgan fingerprint density at radius 3 is 2.58 bits per heavy atom. The van der Waals surface area contributed by atoms with Crippen molar-refractivity contribution in [1.29, 1.82) is 0 Å². The van der Waals surface area contributed by atoms with Crippen molar-refractivity contribution in [3.63, 3.8) is 0 Å². The minimum atomic E-state index is -0.271. The Morgan fingerprint density at radius 1 is 1.00 bits per heavy atom. The van der Waals surface area contributed by atoms with Crippen molar-refractivity contribution >= 4 is 17.2 Å². The second kappa shape index (κ2) is 9.30. The van der Waals surface area contributed by atoms with Crippen molar-refractivity contribution in [1.82, 2.24) is 10.3 Å². The van der Waals surface area contributed by atoms with Crippen molar-refractivity contribution < 1.29 is 23.4 Å². The lowest BCUT2D eigenvalue weighted by molar-refractivity contribution is 0.0946. The van der Waals surface area contributed by atoms with E-state index >= 15 is 0 Å². The highest BCUT2D eigenvalue weighted by atomic mass is 32.1. The highest BCUT2D eigenvalue weighted by Gasteiger charge is 2.15. The number of carbonyl (C=O) groups excluding carboxylic acids is 1. The summed E-state index contributed by atoms with van der Waals surface area (Å²) < 4.78 is 29.4. The molecule has 6 nitrogen and oxygen atoms in total. The molecule has 0 unspecified atom stereocenters. The maximum absolute atomic E-state index is 13.0. The maximum Gasteiger partial charge on any atom is 0.271 e. The Bertz CT molecular complexity index is 1270. The number of hydrogen-bond donors (Lipinski definition) is 1. The number of carbonyl (C=O) groups is 1. The van der Waals surface area contributed by atoms with Crippen LogP contribution in [0.3, 0.4) is 0 Å². The van der Waals surface area contributed by atoms with Gasteiger partial charge in [0.05, 0.1) is 0 Å². The fourth-order valence-corrected chi connectivity index (χ4v) is 4.08. The molecule has 0 saturated carbocycles. The van der Waals surface area contributed by atoms with Gasteiger partial charge in [-0.05, 0) is 59.7 Å². The SMILES string of the molecule is O=C(NCc1ccc2c(c1)OCO2)c1csc(-c2ccc(OCc3ccc(F)cc3)cc2)n1. The molecule has 0 bridgehead atoms. The number of nitrogens with one attached hydrogen (secondary N) is 1. The monoisotopic (exact) mass is 462 g/mol. The average molecular weight is 463 g/mol. The number of hydrogen-bond acceptors (Lipinski definition) is 6. The van der Waals surface area contributed by atoms with Crippen molar-refractivity contribution in [2.45, 2.75) is 13.2 Å². The summed E-state index contributed by atoms with van der Waals surface area (Å²) in [6.45, 7) is 0.932. The van der Waals surface area contributed by atoms with Gasteiger partial charge in [-0.2, -0.15) is 0 Å². The van der Waals surface area contributed by atoms with Crippen molar-refractivity contribution in [2.75, 3.05) is 6.79 Å². The molecule has 0 fully saturated rings. The topological polar surface area (TPSA) is 69.7 Å². The first-order valence-corrected chi connectivity index (χ1v) is 11.1. The zero-order chi connectivity index (χ0) is 22.6. The van der Waals surface area contributed by atoms with Gasteiger partial charge in [-0.15, -0.1) is 11.3 Å². The van der Waals surface area contributed by atoms with Crippen LogP contribution in [0.1, 0.15) is 21.6 Å². The Kier molecular flexibility index (Phi) is 5.91. The minimum absolute atomic E-state index is 0.216. The van der Waals surface area contributed by atoms with Crippen molar-refractivity contribution in [3.05, 3.63) is 94.7 Å². The van der Waals surface area contributed by atoms with E-state index in [2.05, 4.69) is 10.3 Å². The normalized spacial score (nSPS) is 11.9. The second-order valence-electron chi connectivity index (χ2n) is 7.35. The smallest absolute Gasteiger partial charge is 0.271 e. The van der Waals surface area contributed by atoms with Crippen LogP contribution in [-0.4, -0.2) is 17.7 Å². The van der Waals surface area contributed by atoms with E-state index in [1.165, 1.54) is 23.5 Å². The molecule has 4 aromatic rings. The number of nitrogens with zero attached hydrogens (tertiary/aromatic N) is 1. The fourth-order valence-electron chi connectivity index (χ4n) is 3.28. The molecule has 0 atom stereocenters. The summed E-state index contributed by atoms with van der Waals surface area (Å²) in [6.07, 6.45) is 0. The van der Waals surface area contributed by atoms with Crippen LogP contribution >= 0.6 is 11.3 Å². The molecule has 0 spiro atoms. The summed E-state index contributed by atoms with van der Waals surface area (Å²) in [5.41, 5.74) is 3.06. The van der Waals surface area contributed by atoms with E-state index in [0.29, 0.717) is 36.1 Å². The summed E-state index contributed by atoms with van der Waals surface area (Å²) in [4.78, 5) is 17.0. The molecule has 8 heteroatoms. The van der Waals surface area contributed by atoms with E-state index in [0.717, 1.165) is 21.7 Å². The molecule has 0 aliphatic carbocycles. The summed E-state index contributed by atoms with van der Waals surface area (Å²) >= 11 is 1.40. The number of ether oxygens (including phenoxy) is 3. The third-order valence-corrected chi connectivity index (χ3v) is 5.94. The summed E-state index contributed by atoms with van der Waals surface area (Å²) in [5.74, 6) is 1.58. The first-order valence-electron chi connectivity index (χ1n) is 10.2. The van der Waals surface area contributed by atoms with Crippen LogP contribution in [0.25, 0.3) is 10.6 Å². The number of amides is 1. The highest BCUT2D eigenvalue weighted by molar-refractivity contribution is 7.13. The molecule has 1 N–H and O–H groups in total. The lowest BCUT2D eigenvalue weighted by Crippen LogP contribution is -2.23. The van der Waals surface area contributed by atoms with Crippen LogP contribution in [0, 0.1) is 5.82 Å². The Hall–Kier alpha value is -3.91. The van der Waals surface area contributed by atoms with E-state index in [4.69, 9.17) is 14.2 Å². The van der Waals surface area contributed by atoms with Crippen LogP contribution in [-0.2, 0) is 13.2 Å². The first-order chi connectivity index (χ1) is 16.1. The zero-order valence-electron chi connectivity index (χ0n) is 17.4. The standard InChI is InChI=1S/C25H19FN2O4S/c26-19-6-1-16(2-7-19)13-30-20-8-4-18(5-9-20)25-28-21(14-33-25)24(29)27-12-17-3-10-22-23(11-17)32-15-31-22/h1-11,14H,12-13,15H2,(H,27,29). The van der Waals surface area contributed by atoms with Crippen molar-refractivity contribution in [2.24, 2.45) is 0 Å². The molecule has 3 aromatic carbocycles. The van der Waals surface area contributed by atoms with Crippen LogP contribution in [0.15, 0.2) is 72.1 Å². The lowest BCUT2D eigenvalue weighted by Gasteiger charge is -2.07. The molecule has 2 heterocycles. The molecule has 1 aromatic heterocycles. The quantitative estimate of drug-likeness (QED) is 0.410. The summed E-state index contributed by atoms with van der Waals surface area (Å²) in [5, 5.41) is 5.36. The van der Waals surface area contributed by atoms with Crippen molar-refractivity contribution in [3.8, 4) is 27.8 Å². The van der Waals surface area contributed by atoms with E-state index in [9.17, 15) is 9.18 Å². The van der Waals surface area contributed by atoms with Crippen LogP contribution in [0.4, 0.5) is 4.39 Å². The third-order valence-electron chi connectivity index (χ3n) is 5.05. The zero-order valence-corrected chi connectivity index (χ0v) is 18.2. The highest BCUT2D eigenvalue weighted by Crippen LogP contribution is 2.32. The summed E-state index contributed by atoms with van der Waals surface area (Å²) in [7, 11) is 0. The Balaban J connectivity index is 1.17. The van der Waals surface area contributed by atoms with Gasteiger partial charge in [0.25, 0.3) is 5.91 Å². The minimum Gasteiger partial charge on any atom is -0.489 e. The molecule has 0 saturated heterocycles. The van der Waals surface area contributed by atoms with Crippen LogP contribution in [0.5, 0.6) is 17.2 Å². The molecular formula is C25H19FN2O4S. The number of fused-ring (bicyclic) bond motifs is 1. The third kappa shape index (κ3) is 4.96. The van der Waals surface area contributed by atoms with Gasteiger partial charge in [0.2, 0.25) is 6.79 Å². The molecule has 1 aliphatic heterocycles. The Labute approximate surface area is 193 Å². The molecule has 5 rings (SSSR count). The molecule has 1 amide bonds. The number of thiazole rings is 1. The molecule has 0 radical (unpaired) electrons. The predicted octanol–water partition coefficient (Wildman–Crippen LogP) is 5.19. The summed E-state index contributed by atoms with van der Waals surface area (Å²) in [6, 6.07) is 19.3. The van der Waals surface area contributed by atoms with Gasteiger partial charge < -0.3 is 19.5 Å². The molecule has 1 aliphatic rings.